The summed E-state index contributed by atoms with van der Waals surface area (Å²) in [4.78, 5) is 2.43. The first-order valence-corrected chi connectivity index (χ1v) is 6.65. The van der Waals surface area contributed by atoms with Crippen molar-refractivity contribution < 1.29 is 9.47 Å². The average molecular weight is 249 g/mol. The maximum Gasteiger partial charge on any atom is 0.0615 e. The fourth-order valence-corrected chi connectivity index (χ4v) is 2.07. The number of ether oxygens (including phenoxy) is 2. The maximum absolute atomic E-state index is 5.21. The number of thiol groups is 1. The van der Waals surface area contributed by atoms with Gasteiger partial charge in [0.05, 0.1) is 13.2 Å². The van der Waals surface area contributed by atoms with Gasteiger partial charge in [0.1, 0.15) is 0 Å². The number of hydrogen-bond donors (Lipinski definition) is 1. The minimum absolute atomic E-state index is 0.439. The normalized spacial score (nSPS) is 15.4. The van der Waals surface area contributed by atoms with Gasteiger partial charge in [-0.05, 0) is 18.6 Å². The summed E-state index contributed by atoms with van der Waals surface area (Å²) >= 11 is 4.39. The van der Waals surface area contributed by atoms with Crippen molar-refractivity contribution in [3.8, 4) is 0 Å². The molecule has 0 aliphatic carbocycles. The van der Waals surface area contributed by atoms with E-state index in [2.05, 4.69) is 31.4 Å². The molecule has 2 unspecified atom stereocenters. The number of rotatable bonds is 10. The molecule has 0 saturated heterocycles. The molecular weight excluding hydrogens is 222 g/mol. The van der Waals surface area contributed by atoms with Crippen LogP contribution in [0.4, 0.5) is 0 Å². The van der Waals surface area contributed by atoms with Gasteiger partial charge in [-0.1, -0.05) is 13.3 Å². The van der Waals surface area contributed by atoms with Gasteiger partial charge in [-0.15, -0.1) is 0 Å². The SMILES string of the molecule is CCC(CS)CN(CCOC)C(C)COC. The molecular formula is C12H27NO2S. The third-order valence-electron chi connectivity index (χ3n) is 2.94. The minimum Gasteiger partial charge on any atom is -0.383 e. The molecule has 0 aromatic rings. The molecule has 3 nitrogen and oxygen atoms in total. The Kier molecular flexibility index (Phi) is 10.5. The molecule has 0 aliphatic rings. The zero-order valence-corrected chi connectivity index (χ0v) is 12.0. The number of methoxy groups -OCH3 is 2. The molecule has 0 aromatic carbocycles. The van der Waals surface area contributed by atoms with Crippen LogP contribution in [0.15, 0.2) is 0 Å². The van der Waals surface area contributed by atoms with E-state index in [4.69, 9.17) is 9.47 Å². The van der Waals surface area contributed by atoms with E-state index in [1.807, 2.05) is 0 Å². The molecule has 0 heterocycles. The van der Waals surface area contributed by atoms with Gasteiger partial charge in [0.15, 0.2) is 0 Å². The van der Waals surface area contributed by atoms with Gasteiger partial charge in [0.25, 0.3) is 0 Å². The van der Waals surface area contributed by atoms with Crippen LogP contribution in [0, 0.1) is 5.92 Å². The van der Waals surface area contributed by atoms with Crippen LogP contribution >= 0.6 is 12.6 Å². The molecule has 0 rings (SSSR count). The molecule has 0 radical (unpaired) electrons. The van der Waals surface area contributed by atoms with Gasteiger partial charge < -0.3 is 9.47 Å². The van der Waals surface area contributed by atoms with Gasteiger partial charge in [0.2, 0.25) is 0 Å². The van der Waals surface area contributed by atoms with E-state index in [0.29, 0.717) is 12.0 Å². The number of hydrogen-bond acceptors (Lipinski definition) is 4. The van der Waals surface area contributed by atoms with E-state index in [0.717, 1.165) is 32.1 Å². The van der Waals surface area contributed by atoms with Gasteiger partial charge in [-0.25, -0.2) is 0 Å². The standard InChI is InChI=1S/C12H27NO2S/c1-5-12(10-16)8-13(6-7-14-3)11(2)9-15-4/h11-12,16H,5-10H2,1-4H3. The van der Waals surface area contributed by atoms with E-state index in [9.17, 15) is 0 Å². The Morgan fingerprint density at radius 3 is 2.38 bits per heavy atom. The lowest BCUT2D eigenvalue weighted by molar-refractivity contribution is 0.0666. The maximum atomic E-state index is 5.21. The predicted molar refractivity (Wildman–Crippen MR) is 72.4 cm³/mol. The zero-order valence-electron chi connectivity index (χ0n) is 11.1. The van der Waals surface area contributed by atoms with Crippen molar-refractivity contribution in [3.05, 3.63) is 0 Å². The molecule has 0 fully saturated rings. The summed E-state index contributed by atoms with van der Waals surface area (Å²) in [6.45, 7) is 8.00. The van der Waals surface area contributed by atoms with Gasteiger partial charge >= 0.3 is 0 Å². The Bertz CT molecular complexity index is 154. The Morgan fingerprint density at radius 2 is 1.94 bits per heavy atom. The second-order valence-corrected chi connectivity index (χ2v) is 4.61. The zero-order chi connectivity index (χ0) is 12.4. The average Bonchev–Trinajstić information content (AvgIpc) is 2.30. The quantitative estimate of drug-likeness (QED) is 0.598. The third-order valence-corrected chi connectivity index (χ3v) is 3.46. The van der Waals surface area contributed by atoms with Crippen LogP contribution in [0.5, 0.6) is 0 Å². The summed E-state index contributed by atoms with van der Waals surface area (Å²) in [5.41, 5.74) is 0. The fraction of sp³-hybridized carbons (Fsp3) is 1.00. The highest BCUT2D eigenvalue weighted by Gasteiger charge is 2.17. The molecule has 0 N–H and O–H groups in total. The monoisotopic (exact) mass is 249 g/mol. The largest absolute Gasteiger partial charge is 0.383 e. The van der Waals surface area contributed by atoms with Crippen LogP contribution in [-0.2, 0) is 9.47 Å². The van der Waals surface area contributed by atoms with Gasteiger partial charge in [-0.3, -0.25) is 4.90 Å². The predicted octanol–water partition coefficient (Wildman–Crippen LogP) is 1.93. The van der Waals surface area contributed by atoms with Crippen molar-refractivity contribution >= 4 is 12.6 Å². The lowest BCUT2D eigenvalue weighted by Crippen LogP contribution is -2.41. The smallest absolute Gasteiger partial charge is 0.0615 e. The lowest BCUT2D eigenvalue weighted by Gasteiger charge is -2.31. The summed E-state index contributed by atoms with van der Waals surface area (Å²) in [5, 5.41) is 0. The third kappa shape index (κ3) is 6.74. The van der Waals surface area contributed by atoms with Crippen molar-refractivity contribution in [2.24, 2.45) is 5.92 Å². The van der Waals surface area contributed by atoms with Crippen LogP contribution in [0.2, 0.25) is 0 Å². The summed E-state index contributed by atoms with van der Waals surface area (Å²) in [6, 6.07) is 0.439. The van der Waals surface area contributed by atoms with Crippen LogP contribution in [0.1, 0.15) is 20.3 Å². The van der Waals surface area contributed by atoms with Crippen LogP contribution in [0.3, 0.4) is 0 Å². The van der Waals surface area contributed by atoms with E-state index in [1.165, 1.54) is 6.42 Å². The molecule has 0 aliphatic heterocycles. The van der Waals surface area contributed by atoms with Crippen LogP contribution in [-0.4, -0.2) is 57.2 Å². The highest BCUT2D eigenvalue weighted by Crippen LogP contribution is 2.10. The highest BCUT2D eigenvalue weighted by atomic mass is 32.1. The molecule has 0 saturated carbocycles. The minimum atomic E-state index is 0.439. The molecule has 0 spiro atoms. The van der Waals surface area contributed by atoms with Crippen molar-refractivity contribution in [3.63, 3.8) is 0 Å². The lowest BCUT2D eigenvalue weighted by atomic mass is 10.1. The first kappa shape index (κ1) is 16.2. The summed E-state index contributed by atoms with van der Waals surface area (Å²) in [7, 11) is 3.50. The first-order chi connectivity index (χ1) is 7.69. The number of nitrogens with zero attached hydrogens (tertiary/aromatic N) is 1. The molecule has 0 bridgehead atoms. The Balaban J connectivity index is 4.16. The molecule has 2 atom stereocenters. The molecule has 0 aromatic heterocycles. The molecule has 98 valence electrons. The fourth-order valence-electron chi connectivity index (χ4n) is 1.69. The van der Waals surface area contributed by atoms with Gasteiger partial charge in [-0.2, -0.15) is 12.6 Å². The van der Waals surface area contributed by atoms with Crippen molar-refractivity contribution in [2.75, 3.05) is 46.3 Å². The summed E-state index contributed by atoms with van der Waals surface area (Å²) in [5.74, 6) is 1.60. The molecule has 16 heavy (non-hydrogen) atoms. The molecule has 0 amide bonds. The van der Waals surface area contributed by atoms with Crippen molar-refractivity contribution in [1.82, 2.24) is 4.90 Å². The Labute approximate surface area is 106 Å². The second-order valence-electron chi connectivity index (χ2n) is 4.25. The van der Waals surface area contributed by atoms with Gasteiger partial charge in [0, 0.05) is 33.4 Å². The van der Waals surface area contributed by atoms with Crippen LogP contribution in [0.25, 0.3) is 0 Å². The van der Waals surface area contributed by atoms with Crippen molar-refractivity contribution in [2.45, 2.75) is 26.3 Å². The highest BCUT2D eigenvalue weighted by molar-refractivity contribution is 7.80. The summed E-state index contributed by atoms with van der Waals surface area (Å²) in [6.07, 6.45) is 1.17. The van der Waals surface area contributed by atoms with E-state index >= 15 is 0 Å². The topological polar surface area (TPSA) is 21.7 Å². The van der Waals surface area contributed by atoms with Crippen LogP contribution < -0.4 is 0 Å². The molecule has 4 heteroatoms. The van der Waals surface area contributed by atoms with E-state index in [-0.39, 0.29) is 0 Å². The summed E-state index contributed by atoms with van der Waals surface area (Å²) < 4.78 is 10.4. The first-order valence-electron chi connectivity index (χ1n) is 6.02. The van der Waals surface area contributed by atoms with E-state index in [1.54, 1.807) is 14.2 Å². The Morgan fingerprint density at radius 1 is 1.25 bits per heavy atom. The van der Waals surface area contributed by atoms with E-state index < -0.39 is 0 Å². The van der Waals surface area contributed by atoms with Crippen molar-refractivity contribution in [1.29, 1.82) is 0 Å². The second kappa shape index (κ2) is 10.4. The Hall–Kier alpha value is 0.230.